The number of hydrogen-bond donors (Lipinski definition) is 1. The molecule has 3 aromatic rings. The van der Waals surface area contributed by atoms with Crippen molar-refractivity contribution in [2.24, 2.45) is 0 Å². The molecule has 0 aliphatic carbocycles. The quantitative estimate of drug-likeness (QED) is 0.694. The highest BCUT2D eigenvalue weighted by Gasteiger charge is 2.36. The summed E-state index contributed by atoms with van der Waals surface area (Å²) in [5.74, 6) is 0. The first-order chi connectivity index (χ1) is 14.0. The summed E-state index contributed by atoms with van der Waals surface area (Å²) in [7, 11) is 2.05. The van der Waals surface area contributed by atoms with Gasteiger partial charge in [0.2, 0.25) is 0 Å². The number of likely N-dealkylation sites (tertiary alicyclic amines) is 1. The zero-order chi connectivity index (χ0) is 20.3. The van der Waals surface area contributed by atoms with Crippen molar-refractivity contribution in [3.63, 3.8) is 0 Å². The number of rotatable bonds is 3. The summed E-state index contributed by atoms with van der Waals surface area (Å²) in [6.45, 7) is 1.51. The maximum absolute atomic E-state index is 16.2. The average molecular weight is 387 g/mol. The van der Waals surface area contributed by atoms with Crippen LogP contribution in [0.4, 0.5) is 10.1 Å². The summed E-state index contributed by atoms with van der Waals surface area (Å²) < 4.78 is 16.2. The van der Waals surface area contributed by atoms with Crippen LogP contribution in [0.15, 0.2) is 72.8 Å². The SMILES string of the molecule is CN1CCC(F)(c2ccc(N)c(=Cc3ccccc3)c2=Cc2ccccc2)CC1. The molecule has 0 unspecified atom stereocenters. The molecule has 2 nitrogen and oxygen atoms in total. The van der Waals surface area contributed by atoms with Gasteiger partial charge in [0.05, 0.1) is 0 Å². The van der Waals surface area contributed by atoms with Crippen LogP contribution in [0.5, 0.6) is 0 Å². The average Bonchev–Trinajstić information content (AvgIpc) is 2.74. The number of nitrogens with zero attached hydrogens (tertiary/aromatic N) is 1. The molecule has 0 bridgehead atoms. The van der Waals surface area contributed by atoms with Crippen molar-refractivity contribution in [1.82, 2.24) is 4.90 Å². The molecule has 1 fully saturated rings. The lowest BCUT2D eigenvalue weighted by Crippen LogP contribution is -2.44. The van der Waals surface area contributed by atoms with Gasteiger partial charge in [-0.2, -0.15) is 0 Å². The van der Waals surface area contributed by atoms with E-state index in [1.807, 2.05) is 79.8 Å². The van der Waals surface area contributed by atoms with E-state index in [1.165, 1.54) is 0 Å². The lowest BCUT2D eigenvalue weighted by atomic mass is 9.84. The van der Waals surface area contributed by atoms with Crippen molar-refractivity contribution in [2.75, 3.05) is 25.9 Å². The fourth-order valence-corrected chi connectivity index (χ4v) is 4.03. The third kappa shape index (κ3) is 4.25. The molecule has 4 rings (SSSR count). The molecule has 3 aromatic carbocycles. The fraction of sp³-hybridized carbons (Fsp3) is 0.231. The Morgan fingerprint density at radius 1 is 0.793 bits per heavy atom. The van der Waals surface area contributed by atoms with Crippen LogP contribution >= 0.6 is 0 Å². The van der Waals surface area contributed by atoms with Crippen LogP contribution in [0.1, 0.15) is 29.5 Å². The largest absolute Gasteiger partial charge is 0.398 e. The fourth-order valence-electron chi connectivity index (χ4n) is 4.03. The summed E-state index contributed by atoms with van der Waals surface area (Å²) in [6.07, 6.45) is 5.12. The topological polar surface area (TPSA) is 29.3 Å². The highest BCUT2D eigenvalue weighted by atomic mass is 19.1. The number of hydrogen-bond acceptors (Lipinski definition) is 2. The molecule has 1 heterocycles. The molecule has 0 amide bonds. The van der Waals surface area contributed by atoms with E-state index < -0.39 is 5.67 Å². The second-order valence-corrected chi connectivity index (χ2v) is 7.91. The third-order valence-corrected chi connectivity index (χ3v) is 5.80. The number of piperidine rings is 1. The Morgan fingerprint density at radius 2 is 1.31 bits per heavy atom. The van der Waals surface area contributed by atoms with Crippen LogP contribution in [0.25, 0.3) is 12.2 Å². The van der Waals surface area contributed by atoms with Crippen LogP contribution in [-0.2, 0) is 5.67 Å². The van der Waals surface area contributed by atoms with Crippen LogP contribution in [0.2, 0.25) is 0 Å². The van der Waals surface area contributed by atoms with E-state index in [1.54, 1.807) is 0 Å². The number of nitrogens with two attached hydrogens (primary N) is 1. The van der Waals surface area contributed by atoms with E-state index in [2.05, 4.69) is 17.1 Å². The molecular formula is C26H27FN2. The van der Waals surface area contributed by atoms with Crippen LogP contribution in [0, 0.1) is 0 Å². The first-order valence-corrected chi connectivity index (χ1v) is 10.2. The van der Waals surface area contributed by atoms with Gasteiger partial charge in [-0.15, -0.1) is 0 Å². The molecule has 29 heavy (non-hydrogen) atoms. The molecule has 3 heteroatoms. The Bertz CT molecular complexity index is 1080. The first kappa shape index (κ1) is 19.4. The molecule has 2 N–H and O–H groups in total. The van der Waals surface area contributed by atoms with Gasteiger partial charge < -0.3 is 10.6 Å². The highest BCUT2D eigenvalue weighted by Crippen LogP contribution is 2.34. The minimum atomic E-state index is -1.35. The number of alkyl halides is 1. The smallest absolute Gasteiger partial charge is 0.139 e. The van der Waals surface area contributed by atoms with Gasteiger partial charge in [0.25, 0.3) is 0 Å². The van der Waals surface area contributed by atoms with Crippen LogP contribution < -0.4 is 16.2 Å². The number of anilines is 1. The number of benzene rings is 3. The molecule has 0 aromatic heterocycles. The van der Waals surface area contributed by atoms with Gasteiger partial charge in [0, 0.05) is 24.0 Å². The van der Waals surface area contributed by atoms with Gasteiger partial charge in [-0.1, -0.05) is 66.7 Å². The van der Waals surface area contributed by atoms with Crippen molar-refractivity contribution in [1.29, 1.82) is 0 Å². The second kappa shape index (κ2) is 8.22. The molecule has 0 radical (unpaired) electrons. The zero-order valence-corrected chi connectivity index (χ0v) is 16.8. The lowest BCUT2D eigenvalue weighted by Gasteiger charge is -2.35. The Balaban J connectivity index is 1.99. The maximum atomic E-state index is 16.2. The molecule has 0 atom stereocenters. The minimum Gasteiger partial charge on any atom is -0.398 e. The van der Waals surface area contributed by atoms with E-state index >= 15 is 4.39 Å². The van der Waals surface area contributed by atoms with E-state index in [0.717, 1.165) is 40.2 Å². The van der Waals surface area contributed by atoms with Gasteiger partial charge in [0.15, 0.2) is 0 Å². The van der Waals surface area contributed by atoms with Gasteiger partial charge in [-0.05, 0) is 60.0 Å². The van der Waals surface area contributed by atoms with E-state index in [-0.39, 0.29) is 0 Å². The van der Waals surface area contributed by atoms with Crippen molar-refractivity contribution in [3.8, 4) is 0 Å². The highest BCUT2D eigenvalue weighted by molar-refractivity contribution is 5.61. The first-order valence-electron chi connectivity index (χ1n) is 10.2. The van der Waals surface area contributed by atoms with E-state index in [9.17, 15) is 0 Å². The molecule has 1 aliphatic rings. The number of nitrogen functional groups attached to an aromatic ring is 1. The lowest BCUT2D eigenvalue weighted by molar-refractivity contribution is 0.0665. The molecular weight excluding hydrogens is 359 g/mol. The molecule has 1 aliphatic heterocycles. The van der Waals surface area contributed by atoms with Gasteiger partial charge in [-0.3, -0.25) is 0 Å². The Morgan fingerprint density at radius 3 is 1.86 bits per heavy atom. The normalized spacial score (nSPS) is 18.1. The summed E-state index contributed by atoms with van der Waals surface area (Å²) in [5, 5.41) is 1.76. The van der Waals surface area contributed by atoms with Crippen LogP contribution in [-0.4, -0.2) is 25.0 Å². The molecule has 0 spiro atoms. The van der Waals surface area contributed by atoms with Crippen molar-refractivity contribution in [3.05, 3.63) is 99.9 Å². The summed E-state index contributed by atoms with van der Waals surface area (Å²) in [5.41, 5.74) is 8.55. The predicted octanol–water partition coefficient (Wildman–Crippen LogP) is 3.82. The molecule has 1 saturated heterocycles. The Hall–Kier alpha value is -2.91. The van der Waals surface area contributed by atoms with Crippen molar-refractivity contribution >= 4 is 17.8 Å². The molecule has 148 valence electrons. The Labute approximate surface area is 171 Å². The van der Waals surface area contributed by atoms with Crippen molar-refractivity contribution in [2.45, 2.75) is 18.5 Å². The van der Waals surface area contributed by atoms with Gasteiger partial charge in [0.1, 0.15) is 5.67 Å². The monoisotopic (exact) mass is 386 g/mol. The summed E-state index contributed by atoms with van der Waals surface area (Å²) in [6, 6.07) is 23.9. The minimum absolute atomic E-state index is 0.494. The van der Waals surface area contributed by atoms with E-state index in [4.69, 9.17) is 5.73 Å². The third-order valence-electron chi connectivity index (χ3n) is 5.80. The number of halogens is 1. The van der Waals surface area contributed by atoms with Gasteiger partial charge >= 0.3 is 0 Å². The summed E-state index contributed by atoms with van der Waals surface area (Å²) in [4.78, 5) is 2.19. The van der Waals surface area contributed by atoms with Gasteiger partial charge in [-0.25, -0.2) is 4.39 Å². The van der Waals surface area contributed by atoms with Crippen molar-refractivity contribution < 1.29 is 4.39 Å². The van der Waals surface area contributed by atoms with E-state index in [0.29, 0.717) is 18.5 Å². The van der Waals surface area contributed by atoms with Crippen LogP contribution in [0.3, 0.4) is 0 Å². The summed E-state index contributed by atoms with van der Waals surface area (Å²) >= 11 is 0. The zero-order valence-electron chi connectivity index (χ0n) is 16.8. The maximum Gasteiger partial charge on any atom is 0.139 e. The molecule has 0 saturated carbocycles. The Kier molecular flexibility index (Phi) is 5.50. The standard InChI is InChI=1S/C26H27FN2/c1-29-16-14-26(27,15-17-29)24-12-13-25(28)23(19-21-10-6-3-7-11-21)22(24)18-20-8-4-2-5-9-20/h2-13,18-19H,14-17,28H2,1H3. The predicted molar refractivity (Wildman–Crippen MR) is 120 cm³/mol. The second-order valence-electron chi connectivity index (χ2n) is 7.91.